The van der Waals surface area contributed by atoms with Crippen molar-refractivity contribution in [2.24, 2.45) is 5.14 Å². The van der Waals surface area contributed by atoms with Gasteiger partial charge in [-0.25, -0.2) is 18.5 Å². The van der Waals surface area contributed by atoms with E-state index in [0.717, 1.165) is 0 Å². The summed E-state index contributed by atoms with van der Waals surface area (Å²) in [4.78, 5) is 8.52. The van der Waals surface area contributed by atoms with Crippen LogP contribution in [0.25, 0.3) is 0 Å². The van der Waals surface area contributed by atoms with Crippen LogP contribution >= 0.6 is 38.5 Å². The van der Waals surface area contributed by atoms with Crippen LogP contribution in [0.15, 0.2) is 27.7 Å². The minimum atomic E-state index is -3.94. The van der Waals surface area contributed by atoms with E-state index in [2.05, 4.69) is 36.5 Å². The van der Waals surface area contributed by atoms with E-state index in [0.29, 0.717) is 19.5 Å². The van der Waals surface area contributed by atoms with Crippen molar-refractivity contribution in [1.82, 2.24) is 9.97 Å². The minimum Gasteiger partial charge on any atom is -0.495 e. The summed E-state index contributed by atoms with van der Waals surface area (Å²) in [6.45, 7) is 5.22. The van der Waals surface area contributed by atoms with Crippen LogP contribution in [0.5, 0.6) is 5.75 Å². The number of aromatic nitrogens is 2. The topological polar surface area (TPSA) is 139 Å². The molecule has 0 fully saturated rings. The van der Waals surface area contributed by atoms with E-state index in [1.54, 1.807) is 26.1 Å². The standard InChI is InChI=1S/C16H21BrIN5O4S/c1-8(16(2,3)24)21-14-10(17)7-20-15(23-14)22-9-5-11(18)13(28(19,25)26)12(6-9)27-4/h5-8,24H,1-4H3,(H2,19,25,26)(H2,20,21,22,23)/t8-/m1/s1. The molecular formula is C16H21BrIN5O4S. The molecule has 5 N–H and O–H groups in total. The molecule has 1 heterocycles. The molecule has 0 spiro atoms. The number of halogens is 2. The minimum absolute atomic E-state index is 0.0840. The highest BCUT2D eigenvalue weighted by molar-refractivity contribution is 14.1. The predicted molar refractivity (Wildman–Crippen MR) is 119 cm³/mol. The second-order valence-electron chi connectivity index (χ2n) is 6.57. The summed E-state index contributed by atoms with van der Waals surface area (Å²) in [6.07, 6.45) is 1.57. The van der Waals surface area contributed by atoms with Gasteiger partial charge in [-0.05, 0) is 65.4 Å². The van der Waals surface area contributed by atoms with Crippen molar-refractivity contribution in [3.8, 4) is 5.75 Å². The van der Waals surface area contributed by atoms with E-state index in [1.807, 2.05) is 29.5 Å². The quantitative estimate of drug-likeness (QED) is 0.364. The van der Waals surface area contributed by atoms with E-state index >= 15 is 0 Å². The van der Waals surface area contributed by atoms with Gasteiger partial charge in [-0.3, -0.25) is 0 Å². The van der Waals surface area contributed by atoms with Gasteiger partial charge < -0.3 is 20.5 Å². The number of ether oxygens (including phenoxy) is 1. The van der Waals surface area contributed by atoms with Gasteiger partial charge in [0.15, 0.2) is 0 Å². The Labute approximate surface area is 185 Å². The van der Waals surface area contributed by atoms with Crippen LogP contribution in [-0.4, -0.2) is 42.2 Å². The summed E-state index contributed by atoms with van der Waals surface area (Å²) in [7, 11) is -2.58. The normalized spacial score (nSPS) is 13.1. The zero-order valence-corrected chi connectivity index (χ0v) is 20.2. The molecule has 2 aromatic rings. The Morgan fingerprint density at radius 1 is 1.39 bits per heavy atom. The number of nitrogens with two attached hydrogens (primary N) is 1. The van der Waals surface area contributed by atoms with Crippen molar-refractivity contribution in [3.05, 3.63) is 26.4 Å². The van der Waals surface area contributed by atoms with Crippen molar-refractivity contribution >= 4 is 66.0 Å². The Morgan fingerprint density at radius 2 is 2.04 bits per heavy atom. The zero-order valence-electron chi connectivity index (χ0n) is 15.6. The lowest BCUT2D eigenvalue weighted by atomic mass is 10.0. The smallest absolute Gasteiger partial charge is 0.242 e. The summed E-state index contributed by atoms with van der Waals surface area (Å²) in [5, 5.41) is 21.5. The Morgan fingerprint density at radius 3 is 2.57 bits per heavy atom. The number of anilines is 3. The zero-order chi connectivity index (χ0) is 21.3. The van der Waals surface area contributed by atoms with Gasteiger partial charge in [-0.1, -0.05) is 0 Å². The molecule has 28 heavy (non-hydrogen) atoms. The summed E-state index contributed by atoms with van der Waals surface area (Å²) >= 11 is 5.25. The van der Waals surface area contributed by atoms with Crippen molar-refractivity contribution < 1.29 is 18.3 Å². The predicted octanol–water partition coefficient (Wildman–Crippen LogP) is 2.81. The van der Waals surface area contributed by atoms with Crippen LogP contribution in [0.1, 0.15) is 20.8 Å². The highest BCUT2D eigenvalue weighted by Gasteiger charge is 2.24. The van der Waals surface area contributed by atoms with Gasteiger partial charge in [-0.2, -0.15) is 4.98 Å². The number of rotatable bonds is 7. The van der Waals surface area contributed by atoms with E-state index in [1.165, 1.54) is 13.2 Å². The van der Waals surface area contributed by atoms with Crippen LogP contribution < -0.4 is 20.5 Å². The van der Waals surface area contributed by atoms with E-state index in [4.69, 9.17) is 9.88 Å². The average molecular weight is 586 g/mol. The molecular weight excluding hydrogens is 565 g/mol. The van der Waals surface area contributed by atoms with E-state index in [-0.39, 0.29) is 22.6 Å². The van der Waals surface area contributed by atoms with Gasteiger partial charge in [0, 0.05) is 21.5 Å². The first-order chi connectivity index (χ1) is 12.8. The number of benzene rings is 1. The first-order valence-corrected chi connectivity index (χ1v) is 11.4. The fourth-order valence-electron chi connectivity index (χ4n) is 2.11. The maximum Gasteiger partial charge on any atom is 0.242 e. The first kappa shape index (κ1) is 23.1. The third kappa shape index (κ3) is 5.65. The Bertz CT molecular complexity index is 982. The third-order valence-electron chi connectivity index (χ3n) is 3.93. The van der Waals surface area contributed by atoms with Gasteiger partial charge in [0.05, 0.1) is 23.2 Å². The molecule has 0 amide bonds. The first-order valence-electron chi connectivity index (χ1n) is 8.01. The number of nitrogens with zero attached hydrogens (tertiary/aromatic N) is 2. The number of hydrogen-bond donors (Lipinski definition) is 4. The molecule has 0 saturated carbocycles. The number of nitrogens with one attached hydrogen (secondary N) is 2. The average Bonchev–Trinajstić information content (AvgIpc) is 2.55. The second kappa shape index (κ2) is 8.65. The molecule has 1 atom stereocenters. The van der Waals surface area contributed by atoms with Crippen molar-refractivity contribution in [2.45, 2.75) is 37.3 Å². The molecule has 154 valence electrons. The SMILES string of the molecule is COc1cc(Nc2ncc(Br)c(N[C@H](C)C(C)(C)O)n2)cc(I)c1S(N)(=O)=O. The maximum atomic E-state index is 11.8. The monoisotopic (exact) mass is 585 g/mol. The molecule has 0 saturated heterocycles. The molecule has 0 aliphatic carbocycles. The number of methoxy groups -OCH3 is 1. The molecule has 0 aliphatic rings. The summed E-state index contributed by atoms with van der Waals surface area (Å²) < 4.78 is 29.8. The van der Waals surface area contributed by atoms with Gasteiger partial charge >= 0.3 is 0 Å². The second-order valence-corrected chi connectivity index (χ2v) is 10.1. The van der Waals surface area contributed by atoms with Crippen LogP contribution in [-0.2, 0) is 10.0 Å². The molecule has 0 aliphatic heterocycles. The number of sulfonamides is 1. The number of aliphatic hydroxyl groups is 1. The number of hydrogen-bond acceptors (Lipinski definition) is 8. The van der Waals surface area contributed by atoms with Gasteiger partial charge in [0.2, 0.25) is 16.0 Å². The molecule has 12 heteroatoms. The van der Waals surface area contributed by atoms with Crippen LogP contribution in [0, 0.1) is 3.57 Å². The summed E-state index contributed by atoms with van der Waals surface area (Å²) in [5.41, 5.74) is -0.428. The molecule has 1 aromatic carbocycles. The molecule has 1 aromatic heterocycles. The lowest BCUT2D eigenvalue weighted by Crippen LogP contribution is -2.39. The van der Waals surface area contributed by atoms with E-state index < -0.39 is 15.6 Å². The molecule has 0 bridgehead atoms. The Balaban J connectivity index is 2.36. The van der Waals surface area contributed by atoms with Gasteiger partial charge in [-0.15, -0.1) is 0 Å². The fourth-order valence-corrected chi connectivity index (χ4v) is 4.69. The largest absolute Gasteiger partial charge is 0.495 e. The molecule has 9 nitrogen and oxygen atoms in total. The van der Waals surface area contributed by atoms with Crippen LogP contribution in [0.3, 0.4) is 0 Å². The third-order valence-corrected chi connectivity index (χ3v) is 6.71. The maximum absolute atomic E-state index is 11.8. The fraction of sp³-hybridized carbons (Fsp3) is 0.375. The lowest BCUT2D eigenvalue weighted by molar-refractivity contribution is 0.0647. The van der Waals surface area contributed by atoms with Gasteiger partial charge in [0.25, 0.3) is 0 Å². The van der Waals surface area contributed by atoms with Crippen molar-refractivity contribution in [1.29, 1.82) is 0 Å². The van der Waals surface area contributed by atoms with Crippen LogP contribution in [0.2, 0.25) is 0 Å². The van der Waals surface area contributed by atoms with Gasteiger partial charge in [0.1, 0.15) is 16.5 Å². The Kier molecular flexibility index (Phi) is 7.12. The molecule has 2 rings (SSSR count). The summed E-state index contributed by atoms with van der Waals surface area (Å²) in [6, 6.07) is 2.82. The highest BCUT2D eigenvalue weighted by atomic mass is 127. The highest BCUT2D eigenvalue weighted by Crippen LogP contribution is 2.33. The lowest BCUT2D eigenvalue weighted by Gasteiger charge is -2.27. The Hall–Kier alpha value is -1.22. The molecule has 0 unspecified atom stereocenters. The van der Waals surface area contributed by atoms with Crippen molar-refractivity contribution in [2.75, 3.05) is 17.7 Å². The molecule has 0 radical (unpaired) electrons. The number of primary sulfonamides is 1. The summed E-state index contributed by atoms with van der Waals surface area (Å²) in [5.74, 6) is 0.882. The van der Waals surface area contributed by atoms with Crippen molar-refractivity contribution in [3.63, 3.8) is 0 Å². The van der Waals surface area contributed by atoms with E-state index in [9.17, 15) is 13.5 Å². The van der Waals surface area contributed by atoms with Crippen LogP contribution in [0.4, 0.5) is 17.5 Å².